The molecule has 1 aromatic rings. The van der Waals surface area contributed by atoms with Crippen LogP contribution in [0, 0.1) is 0 Å². The van der Waals surface area contributed by atoms with Gasteiger partial charge >= 0.3 is 0 Å². The van der Waals surface area contributed by atoms with Crippen molar-refractivity contribution in [1.82, 2.24) is 4.90 Å². The summed E-state index contributed by atoms with van der Waals surface area (Å²) in [4.78, 5) is 2.40. The third kappa shape index (κ3) is 6.08. The first-order valence-corrected chi connectivity index (χ1v) is 6.13. The molecule has 0 heterocycles. The van der Waals surface area contributed by atoms with Gasteiger partial charge in [0.15, 0.2) is 0 Å². The van der Waals surface area contributed by atoms with Gasteiger partial charge in [-0.3, -0.25) is 4.90 Å². The number of hydrogen-bond donors (Lipinski definition) is 0. The van der Waals surface area contributed by atoms with Crippen LogP contribution in [0.5, 0.6) is 0 Å². The third-order valence-corrected chi connectivity index (χ3v) is 2.55. The molecule has 0 atom stereocenters. The van der Waals surface area contributed by atoms with Gasteiger partial charge in [-0.1, -0.05) is 54.6 Å². The minimum Gasteiger partial charge on any atom is -0.295 e. The van der Waals surface area contributed by atoms with E-state index in [9.17, 15) is 0 Å². The largest absolute Gasteiger partial charge is 0.295 e. The summed E-state index contributed by atoms with van der Waals surface area (Å²) in [7, 11) is 0. The minimum atomic E-state index is 0.958. The zero-order chi connectivity index (χ0) is 12.7. The highest BCUT2D eigenvalue weighted by molar-refractivity contribution is 5.15. The quantitative estimate of drug-likeness (QED) is 0.645. The Morgan fingerprint density at radius 1 is 1.00 bits per heavy atom. The van der Waals surface area contributed by atoms with Crippen LogP contribution >= 0.6 is 0 Å². The predicted octanol–water partition coefficient (Wildman–Crippen LogP) is 3.68. The maximum Gasteiger partial charge on any atom is 0.0190 e. The fourth-order valence-electron chi connectivity index (χ4n) is 1.91. The Morgan fingerprint density at radius 2 is 1.53 bits per heavy atom. The summed E-state index contributed by atoms with van der Waals surface area (Å²) >= 11 is 0. The topological polar surface area (TPSA) is 3.24 Å². The Hall–Kier alpha value is -1.34. The molecule has 0 saturated heterocycles. The normalized spacial score (nSPS) is 10.5. The van der Waals surface area contributed by atoms with E-state index in [1.807, 2.05) is 0 Å². The summed E-state index contributed by atoms with van der Waals surface area (Å²) in [5, 5.41) is 0. The summed E-state index contributed by atoms with van der Waals surface area (Å²) in [5.41, 5.74) is 3.81. The van der Waals surface area contributed by atoms with Crippen LogP contribution in [-0.4, -0.2) is 24.5 Å². The summed E-state index contributed by atoms with van der Waals surface area (Å²) in [6.45, 7) is 15.1. The first kappa shape index (κ1) is 13.7. The summed E-state index contributed by atoms with van der Waals surface area (Å²) < 4.78 is 0. The molecule has 0 bridgehead atoms. The van der Waals surface area contributed by atoms with Gasteiger partial charge < -0.3 is 0 Å². The van der Waals surface area contributed by atoms with Crippen molar-refractivity contribution in [2.45, 2.75) is 20.3 Å². The van der Waals surface area contributed by atoms with Gasteiger partial charge in [0, 0.05) is 19.6 Å². The molecule has 92 valence electrons. The van der Waals surface area contributed by atoms with E-state index in [4.69, 9.17) is 0 Å². The van der Waals surface area contributed by atoms with E-state index >= 15 is 0 Å². The molecule has 1 aromatic carbocycles. The van der Waals surface area contributed by atoms with Crippen molar-refractivity contribution < 1.29 is 0 Å². The molecule has 17 heavy (non-hydrogen) atoms. The van der Waals surface area contributed by atoms with Crippen LogP contribution in [0.1, 0.15) is 19.4 Å². The molecule has 0 aliphatic rings. The second-order valence-corrected chi connectivity index (χ2v) is 4.86. The molecular formula is C16H23N. The smallest absolute Gasteiger partial charge is 0.0190 e. The molecule has 0 aliphatic carbocycles. The van der Waals surface area contributed by atoms with E-state index in [-0.39, 0.29) is 0 Å². The van der Waals surface area contributed by atoms with Gasteiger partial charge in [0.1, 0.15) is 0 Å². The van der Waals surface area contributed by atoms with E-state index in [0.29, 0.717) is 0 Å². The lowest BCUT2D eigenvalue weighted by atomic mass is 10.1. The van der Waals surface area contributed by atoms with Gasteiger partial charge in [-0.2, -0.15) is 0 Å². The van der Waals surface area contributed by atoms with E-state index < -0.39 is 0 Å². The Balaban J connectivity index is 2.48. The molecule has 1 heteroatoms. The fourth-order valence-corrected chi connectivity index (χ4v) is 1.91. The van der Waals surface area contributed by atoms with Crippen molar-refractivity contribution in [2.75, 3.05) is 19.6 Å². The van der Waals surface area contributed by atoms with Gasteiger partial charge in [0.2, 0.25) is 0 Å². The van der Waals surface area contributed by atoms with E-state index in [2.05, 4.69) is 62.2 Å². The minimum absolute atomic E-state index is 0.958. The molecule has 0 radical (unpaired) electrons. The molecule has 0 N–H and O–H groups in total. The molecule has 0 amide bonds. The summed E-state index contributed by atoms with van der Waals surface area (Å²) in [6, 6.07) is 10.6. The summed E-state index contributed by atoms with van der Waals surface area (Å²) in [5.74, 6) is 0. The molecular weight excluding hydrogens is 206 g/mol. The maximum atomic E-state index is 3.99. The van der Waals surface area contributed by atoms with Crippen LogP contribution in [-0.2, 0) is 6.42 Å². The van der Waals surface area contributed by atoms with Gasteiger partial charge in [0.05, 0.1) is 0 Å². The Bertz CT molecular complexity index is 348. The zero-order valence-corrected chi connectivity index (χ0v) is 11.1. The van der Waals surface area contributed by atoms with Crippen molar-refractivity contribution in [3.63, 3.8) is 0 Å². The molecule has 0 aromatic heterocycles. The van der Waals surface area contributed by atoms with Crippen molar-refractivity contribution in [3.05, 3.63) is 60.2 Å². The predicted molar refractivity (Wildman–Crippen MR) is 76.2 cm³/mol. The van der Waals surface area contributed by atoms with Crippen LogP contribution in [0.15, 0.2) is 54.6 Å². The third-order valence-electron chi connectivity index (χ3n) is 2.55. The van der Waals surface area contributed by atoms with Gasteiger partial charge in [-0.25, -0.2) is 0 Å². The second-order valence-electron chi connectivity index (χ2n) is 4.86. The molecule has 1 rings (SSSR count). The Kier molecular flexibility index (Phi) is 5.71. The highest BCUT2D eigenvalue weighted by atomic mass is 15.1. The van der Waals surface area contributed by atoms with Crippen molar-refractivity contribution >= 4 is 0 Å². The van der Waals surface area contributed by atoms with Gasteiger partial charge in [0.25, 0.3) is 0 Å². The van der Waals surface area contributed by atoms with E-state index in [1.54, 1.807) is 0 Å². The monoisotopic (exact) mass is 229 g/mol. The maximum absolute atomic E-state index is 3.99. The number of rotatable bonds is 7. The fraction of sp³-hybridized carbons (Fsp3) is 0.375. The van der Waals surface area contributed by atoms with Crippen LogP contribution in [0.25, 0.3) is 0 Å². The van der Waals surface area contributed by atoms with Crippen molar-refractivity contribution in [3.8, 4) is 0 Å². The molecule has 0 fully saturated rings. The Labute approximate surface area is 105 Å². The number of benzene rings is 1. The average molecular weight is 229 g/mol. The van der Waals surface area contributed by atoms with E-state index in [0.717, 1.165) is 26.1 Å². The lowest BCUT2D eigenvalue weighted by molar-refractivity contribution is 0.325. The van der Waals surface area contributed by atoms with E-state index in [1.165, 1.54) is 16.7 Å². The molecule has 0 saturated carbocycles. The number of nitrogens with zero attached hydrogens (tertiary/aromatic N) is 1. The van der Waals surface area contributed by atoms with Crippen LogP contribution in [0.3, 0.4) is 0 Å². The first-order valence-electron chi connectivity index (χ1n) is 6.13. The highest BCUT2D eigenvalue weighted by Gasteiger charge is 2.05. The van der Waals surface area contributed by atoms with Crippen LogP contribution in [0.2, 0.25) is 0 Å². The standard InChI is InChI=1S/C16H23N/c1-14(2)12-17(13-15(3)4)11-10-16-8-6-5-7-9-16/h5-9H,1,3,10-13H2,2,4H3. The second kappa shape index (κ2) is 7.08. The van der Waals surface area contributed by atoms with Gasteiger partial charge in [-0.05, 0) is 25.8 Å². The summed E-state index contributed by atoms with van der Waals surface area (Å²) in [6.07, 6.45) is 1.08. The average Bonchev–Trinajstić information content (AvgIpc) is 2.26. The van der Waals surface area contributed by atoms with Crippen LogP contribution in [0.4, 0.5) is 0 Å². The van der Waals surface area contributed by atoms with Crippen LogP contribution < -0.4 is 0 Å². The van der Waals surface area contributed by atoms with Crippen molar-refractivity contribution in [2.24, 2.45) is 0 Å². The Morgan fingerprint density at radius 3 is 2.00 bits per heavy atom. The van der Waals surface area contributed by atoms with Crippen molar-refractivity contribution in [1.29, 1.82) is 0 Å². The first-order chi connectivity index (χ1) is 8.08. The molecule has 0 spiro atoms. The van der Waals surface area contributed by atoms with Gasteiger partial charge in [-0.15, -0.1) is 0 Å². The molecule has 0 aliphatic heterocycles. The molecule has 1 nitrogen and oxygen atoms in total. The lowest BCUT2D eigenvalue weighted by Gasteiger charge is -2.22. The molecule has 0 unspecified atom stereocenters. The SMILES string of the molecule is C=C(C)CN(CCc1ccccc1)CC(=C)C. The highest BCUT2D eigenvalue weighted by Crippen LogP contribution is 2.05. The zero-order valence-electron chi connectivity index (χ0n) is 11.1. The lowest BCUT2D eigenvalue weighted by Crippen LogP contribution is -2.29. The number of hydrogen-bond acceptors (Lipinski definition) is 1.